The molecule has 0 unspecified atom stereocenters. The molecule has 112 valence electrons. The van der Waals surface area contributed by atoms with E-state index in [4.69, 9.17) is 5.11 Å². The van der Waals surface area contributed by atoms with Gasteiger partial charge in [0, 0.05) is 19.0 Å². The van der Waals surface area contributed by atoms with Gasteiger partial charge in [-0.3, -0.25) is 4.79 Å². The maximum absolute atomic E-state index is 11.9. The van der Waals surface area contributed by atoms with E-state index in [1.54, 1.807) is 13.8 Å². The molecule has 0 aliphatic rings. The Hall–Kier alpha value is -1.45. The molecule has 0 saturated carbocycles. The summed E-state index contributed by atoms with van der Waals surface area (Å²) >= 11 is 0.835. The van der Waals surface area contributed by atoms with Crippen molar-refractivity contribution in [1.29, 1.82) is 0 Å². The zero-order chi connectivity index (χ0) is 15.3. The summed E-state index contributed by atoms with van der Waals surface area (Å²) in [7, 11) is -3.92. The molecule has 3 N–H and O–H groups in total. The molecule has 0 bridgehead atoms. The number of nitrogens with one attached hydrogen (secondary N) is 2. The topological polar surface area (TPSA) is 113 Å². The predicted molar refractivity (Wildman–Crippen MR) is 74.4 cm³/mol. The fourth-order valence-electron chi connectivity index (χ4n) is 1.44. The van der Waals surface area contributed by atoms with Gasteiger partial charge in [0.15, 0.2) is 0 Å². The number of sulfonamides is 1. The van der Waals surface area contributed by atoms with Crippen molar-refractivity contribution in [3.05, 3.63) is 16.3 Å². The number of carbonyl (C=O) groups excluding carboxylic acids is 1. The standard InChI is InChI=1S/C11H16N2O5S2/c1-7(2)13-9(14)3-5-12-20(17,18)8-4-6-19-10(8)11(15)16/h4,6-7,12H,3,5H2,1-2H3,(H,13,14)(H,15,16). The van der Waals surface area contributed by atoms with Crippen molar-refractivity contribution in [2.24, 2.45) is 0 Å². The highest BCUT2D eigenvalue weighted by atomic mass is 32.2. The van der Waals surface area contributed by atoms with E-state index < -0.39 is 16.0 Å². The van der Waals surface area contributed by atoms with Crippen LogP contribution in [-0.4, -0.2) is 38.0 Å². The van der Waals surface area contributed by atoms with E-state index in [0.29, 0.717) is 0 Å². The summed E-state index contributed by atoms with van der Waals surface area (Å²) in [5, 5.41) is 12.9. The number of aromatic carboxylic acids is 1. The van der Waals surface area contributed by atoms with E-state index in [2.05, 4.69) is 10.0 Å². The summed E-state index contributed by atoms with van der Waals surface area (Å²) in [6, 6.07) is 1.21. The minimum absolute atomic E-state index is 0.00997. The number of rotatable bonds is 7. The van der Waals surface area contributed by atoms with Crippen LogP contribution < -0.4 is 10.0 Å². The summed E-state index contributed by atoms with van der Waals surface area (Å²) in [6.07, 6.45) is -0.00997. The molecule has 0 spiro atoms. The lowest BCUT2D eigenvalue weighted by atomic mass is 10.3. The summed E-state index contributed by atoms with van der Waals surface area (Å²) in [6.45, 7) is 3.51. The summed E-state index contributed by atoms with van der Waals surface area (Å²) in [5.74, 6) is -1.57. The number of hydrogen-bond donors (Lipinski definition) is 3. The molecule has 7 nitrogen and oxygen atoms in total. The Balaban J connectivity index is 2.65. The first-order valence-corrected chi connectivity index (χ1v) is 8.20. The number of carboxylic acid groups (broad SMARTS) is 1. The van der Waals surface area contributed by atoms with Gasteiger partial charge < -0.3 is 10.4 Å². The van der Waals surface area contributed by atoms with Crippen molar-refractivity contribution in [3.63, 3.8) is 0 Å². The SMILES string of the molecule is CC(C)NC(=O)CCNS(=O)(=O)c1ccsc1C(=O)O. The Morgan fingerprint density at radius 3 is 2.60 bits per heavy atom. The van der Waals surface area contributed by atoms with Gasteiger partial charge in [0.25, 0.3) is 0 Å². The van der Waals surface area contributed by atoms with E-state index in [1.165, 1.54) is 11.4 Å². The number of thiophene rings is 1. The van der Waals surface area contributed by atoms with Gasteiger partial charge in [-0.2, -0.15) is 0 Å². The average molecular weight is 320 g/mol. The van der Waals surface area contributed by atoms with Crippen molar-refractivity contribution in [2.75, 3.05) is 6.54 Å². The fourth-order valence-corrected chi connectivity index (χ4v) is 3.73. The molecule has 1 amide bonds. The van der Waals surface area contributed by atoms with Crippen LogP contribution in [0, 0.1) is 0 Å². The largest absolute Gasteiger partial charge is 0.477 e. The summed E-state index contributed by atoms with van der Waals surface area (Å²) < 4.78 is 26.1. The molecule has 0 atom stereocenters. The number of amides is 1. The minimum atomic E-state index is -3.92. The van der Waals surface area contributed by atoms with Crippen LogP contribution >= 0.6 is 11.3 Å². The highest BCUT2D eigenvalue weighted by Crippen LogP contribution is 2.21. The Bertz CT molecular complexity index is 592. The number of carbonyl (C=O) groups is 2. The third-order valence-corrected chi connectivity index (χ3v) is 4.74. The summed E-state index contributed by atoms with van der Waals surface area (Å²) in [5.41, 5.74) is 0. The van der Waals surface area contributed by atoms with Crippen LogP contribution in [0.2, 0.25) is 0 Å². The lowest BCUT2D eigenvalue weighted by Gasteiger charge is -2.09. The lowest BCUT2D eigenvalue weighted by molar-refractivity contribution is -0.121. The van der Waals surface area contributed by atoms with Crippen LogP contribution in [0.15, 0.2) is 16.3 Å². The lowest BCUT2D eigenvalue weighted by Crippen LogP contribution is -2.34. The van der Waals surface area contributed by atoms with E-state index in [-0.39, 0.29) is 34.7 Å². The van der Waals surface area contributed by atoms with Crippen molar-refractivity contribution >= 4 is 33.2 Å². The first-order chi connectivity index (χ1) is 9.24. The summed E-state index contributed by atoms with van der Waals surface area (Å²) in [4.78, 5) is 21.7. The third kappa shape index (κ3) is 4.58. The Morgan fingerprint density at radius 2 is 2.05 bits per heavy atom. The van der Waals surface area contributed by atoms with Crippen LogP contribution in [0.25, 0.3) is 0 Å². The first-order valence-electron chi connectivity index (χ1n) is 5.84. The van der Waals surface area contributed by atoms with Crippen LogP contribution in [0.1, 0.15) is 29.9 Å². The van der Waals surface area contributed by atoms with Crippen LogP contribution in [0.5, 0.6) is 0 Å². The van der Waals surface area contributed by atoms with Crippen LogP contribution in [0.3, 0.4) is 0 Å². The Labute approximate surface area is 121 Å². The monoisotopic (exact) mass is 320 g/mol. The molecule has 0 radical (unpaired) electrons. The van der Waals surface area contributed by atoms with E-state index in [1.807, 2.05) is 0 Å². The second kappa shape index (κ2) is 6.82. The van der Waals surface area contributed by atoms with Gasteiger partial charge >= 0.3 is 5.97 Å². The van der Waals surface area contributed by atoms with E-state index in [0.717, 1.165) is 11.3 Å². The minimum Gasteiger partial charge on any atom is -0.477 e. The maximum atomic E-state index is 11.9. The normalized spacial score (nSPS) is 11.6. The molecule has 0 aromatic carbocycles. The predicted octanol–water partition coefficient (Wildman–Crippen LogP) is 0.639. The molecule has 0 aliphatic heterocycles. The molecule has 0 fully saturated rings. The highest BCUT2D eigenvalue weighted by Gasteiger charge is 2.23. The third-order valence-electron chi connectivity index (χ3n) is 2.21. The molecular formula is C11H16N2O5S2. The van der Waals surface area contributed by atoms with E-state index >= 15 is 0 Å². The average Bonchev–Trinajstić information content (AvgIpc) is 2.76. The zero-order valence-corrected chi connectivity index (χ0v) is 12.7. The second-order valence-corrected chi connectivity index (χ2v) is 6.94. The molecule has 9 heteroatoms. The number of hydrogen-bond acceptors (Lipinski definition) is 5. The molecule has 1 aromatic heterocycles. The highest BCUT2D eigenvalue weighted by molar-refractivity contribution is 7.89. The quantitative estimate of drug-likeness (QED) is 0.682. The van der Waals surface area contributed by atoms with Crippen LogP contribution in [-0.2, 0) is 14.8 Å². The van der Waals surface area contributed by atoms with Crippen molar-refractivity contribution in [1.82, 2.24) is 10.0 Å². The van der Waals surface area contributed by atoms with Gasteiger partial charge in [0.2, 0.25) is 15.9 Å². The van der Waals surface area contributed by atoms with E-state index in [9.17, 15) is 18.0 Å². The molecule has 1 heterocycles. The van der Waals surface area contributed by atoms with Crippen LogP contribution in [0.4, 0.5) is 0 Å². The van der Waals surface area contributed by atoms with Gasteiger partial charge in [-0.25, -0.2) is 17.9 Å². The smallest absolute Gasteiger partial charge is 0.347 e. The number of carboxylic acids is 1. The van der Waals surface area contributed by atoms with Gasteiger partial charge in [0.05, 0.1) is 0 Å². The zero-order valence-electron chi connectivity index (χ0n) is 11.0. The van der Waals surface area contributed by atoms with Gasteiger partial charge in [0.1, 0.15) is 9.77 Å². The molecule has 1 aromatic rings. The van der Waals surface area contributed by atoms with Crippen molar-refractivity contribution in [3.8, 4) is 0 Å². The van der Waals surface area contributed by atoms with Crippen molar-refractivity contribution < 1.29 is 23.1 Å². The van der Waals surface area contributed by atoms with Gasteiger partial charge in [-0.05, 0) is 25.3 Å². The maximum Gasteiger partial charge on any atom is 0.347 e. The first kappa shape index (κ1) is 16.6. The van der Waals surface area contributed by atoms with Gasteiger partial charge in [-0.1, -0.05) is 0 Å². The Morgan fingerprint density at radius 1 is 1.40 bits per heavy atom. The molecular weight excluding hydrogens is 304 g/mol. The molecule has 20 heavy (non-hydrogen) atoms. The van der Waals surface area contributed by atoms with Gasteiger partial charge in [-0.15, -0.1) is 11.3 Å². The molecule has 0 saturated heterocycles. The molecule has 0 aliphatic carbocycles. The molecule has 1 rings (SSSR count). The van der Waals surface area contributed by atoms with Crippen molar-refractivity contribution in [2.45, 2.75) is 31.2 Å². The Kier molecular flexibility index (Phi) is 5.66. The second-order valence-electron chi connectivity index (χ2n) is 4.29. The fraction of sp³-hybridized carbons (Fsp3) is 0.455.